The number of amides is 1. The average molecular weight is 405 g/mol. The van der Waals surface area contributed by atoms with E-state index in [2.05, 4.69) is 5.32 Å². The number of halogens is 1. The van der Waals surface area contributed by atoms with Crippen LogP contribution >= 0.6 is 0 Å². The molecular weight excluding hydrogens is 376 g/mol. The van der Waals surface area contributed by atoms with Crippen LogP contribution in [-0.2, 0) is 15.1 Å². The summed E-state index contributed by atoms with van der Waals surface area (Å²) in [4.78, 5) is 11.4. The molecule has 1 fully saturated rings. The van der Waals surface area contributed by atoms with Crippen LogP contribution in [0.25, 0.3) is 0 Å². The van der Waals surface area contributed by atoms with Crippen molar-refractivity contribution in [2.75, 3.05) is 11.9 Å². The molecule has 1 aromatic rings. The lowest BCUT2D eigenvalue weighted by Crippen LogP contribution is -3.00. The highest BCUT2D eigenvalue weighted by molar-refractivity contribution is 7.85. The molecule has 1 aliphatic rings. The minimum atomic E-state index is -4.37. The number of unbranched alkanes of at least 4 members (excludes halogenated alkanes) is 1. The summed E-state index contributed by atoms with van der Waals surface area (Å²) in [5.41, 5.74) is 1.07. The van der Waals surface area contributed by atoms with Crippen molar-refractivity contribution in [2.45, 2.75) is 64.8 Å². The molecule has 26 heavy (non-hydrogen) atoms. The van der Waals surface area contributed by atoms with Crippen LogP contribution < -0.4 is 21.6 Å². The first-order valence-electron chi connectivity index (χ1n) is 9.05. The molecule has 0 bridgehead atoms. The van der Waals surface area contributed by atoms with Gasteiger partial charge >= 0.3 is 10.3 Å². The molecular formula is C18H29ClN2O4S. The van der Waals surface area contributed by atoms with Crippen LogP contribution in [0.4, 0.5) is 11.4 Å². The summed E-state index contributed by atoms with van der Waals surface area (Å²) in [6.45, 7) is 3.76. The SMILES string of the molecule is CCCC[N+](c1cccc(NC(C)=O)c1)(C1CCCCC1)S(=O)(=O)O.[Cl-]. The van der Waals surface area contributed by atoms with E-state index < -0.39 is 14.2 Å². The van der Waals surface area contributed by atoms with Crippen molar-refractivity contribution in [2.24, 2.45) is 0 Å². The van der Waals surface area contributed by atoms with Crippen molar-refractivity contribution in [3.8, 4) is 0 Å². The van der Waals surface area contributed by atoms with E-state index >= 15 is 0 Å². The molecule has 6 nitrogen and oxygen atoms in total. The number of carbonyl (C=O) groups excluding carboxylic acids is 1. The highest BCUT2D eigenvalue weighted by Crippen LogP contribution is 2.38. The van der Waals surface area contributed by atoms with Gasteiger partial charge in [-0.1, -0.05) is 25.8 Å². The lowest BCUT2D eigenvalue weighted by molar-refractivity contribution is -0.114. The van der Waals surface area contributed by atoms with Gasteiger partial charge < -0.3 is 17.7 Å². The van der Waals surface area contributed by atoms with Crippen molar-refractivity contribution in [3.63, 3.8) is 0 Å². The van der Waals surface area contributed by atoms with Crippen molar-refractivity contribution in [1.29, 1.82) is 0 Å². The number of nitrogens with zero attached hydrogens (tertiary/aromatic N) is 1. The van der Waals surface area contributed by atoms with Gasteiger partial charge in [0.05, 0.1) is 0 Å². The van der Waals surface area contributed by atoms with E-state index in [0.717, 1.165) is 38.5 Å². The Bertz CT molecular complexity index is 705. The maximum Gasteiger partial charge on any atom is 0.438 e. The molecule has 1 amide bonds. The zero-order chi connectivity index (χ0) is 18.5. The van der Waals surface area contributed by atoms with Crippen LogP contribution in [0.3, 0.4) is 0 Å². The topological polar surface area (TPSA) is 83.5 Å². The maximum absolute atomic E-state index is 12.6. The van der Waals surface area contributed by atoms with Crippen LogP contribution in [0, 0.1) is 0 Å². The van der Waals surface area contributed by atoms with Crippen molar-refractivity contribution < 1.29 is 30.2 Å². The van der Waals surface area contributed by atoms with Crippen molar-refractivity contribution in [3.05, 3.63) is 24.3 Å². The van der Waals surface area contributed by atoms with Gasteiger partial charge in [-0.15, -0.1) is 8.42 Å². The molecule has 2 N–H and O–H groups in total. The Hall–Kier alpha value is -1.15. The molecule has 0 saturated heterocycles. The van der Waals surface area contributed by atoms with Crippen LogP contribution in [-0.4, -0.2) is 31.5 Å². The second kappa shape index (κ2) is 9.69. The Kier molecular flexibility index (Phi) is 8.53. The zero-order valence-corrected chi connectivity index (χ0v) is 17.0. The molecule has 0 aromatic heterocycles. The number of nitrogens with one attached hydrogen (secondary N) is 1. The second-order valence-electron chi connectivity index (χ2n) is 6.84. The van der Waals surface area contributed by atoms with Gasteiger partial charge in [0.15, 0.2) is 5.69 Å². The molecule has 0 radical (unpaired) electrons. The van der Waals surface area contributed by atoms with E-state index in [0.29, 0.717) is 24.3 Å². The summed E-state index contributed by atoms with van der Waals surface area (Å²) in [5, 5.41) is 2.70. The normalized spacial score (nSPS) is 17.8. The quantitative estimate of drug-likeness (QED) is 0.522. The Labute approximate surface area is 162 Å². The lowest BCUT2D eigenvalue weighted by atomic mass is 9.93. The lowest BCUT2D eigenvalue weighted by Gasteiger charge is -2.42. The number of hydrogen-bond donors (Lipinski definition) is 2. The fraction of sp³-hybridized carbons (Fsp3) is 0.611. The van der Waals surface area contributed by atoms with Gasteiger partial charge in [-0.25, -0.2) is 4.55 Å². The molecule has 8 heteroatoms. The molecule has 0 spiro atoms. The standard InChI is InChI=1S/C18H28N2O4S.ClH/c1-3-4-13-20(25(22,23)24,17-10-6-5-7-11-17)18-12-8-9-16(14-18)19-15(2)21;/h8-9,12,14,17H,3-7,10-11,13H2,1-2H3,(H-,19,21,22,23,24);1H. The summed E-state index contributed by atoms with van der Waals surface area (Å²) in [6, 6.07) is 6.71. The van der Waals surface area contributed by atoms with Gasteiger partial charge in [-0.2, -0.15) is 3.89 Å². The van der Waals surface area contributed by atoms with Gasteiger partial charge in [0.1, 0.15) is 12.6 Å². The van der Waals surface area contributed by atoms with Crippen molar-refractivity contribution in [1.82, 2.24) is 3.89 Å². The predicted octanol–water partition coefficient (Wildman–Crippen LogP) is 0.892. The number of rotatable bonds is 7. The third-order valence-electron chi connectivity index (χ3n) is 5.02. The van der Waals surface area contributed by atoms with E-state index in [9.17, 15) is 17.8 Å². The molecule has 1 atom stereocenters. The number of carbonyl (C=O) groups is 1. The van der Waals surface area contributed by atoms with E-state index in [-0.39, 0.29) is 24.4 Å². The molecule has 1 saturated carbocycles. The molecule has 1 unspecified atom stereocenters. The van der Waals surface area contributed by atoms with E-state index in [1.54, 1.807) is 24.3 Å². The highest BCUT2D eigenvalue weighted by Gasteiger charge is 2.49. The highest BCUT2D eigenvalue weighted by atomic mass is 35.5. The predicted molar refractivity (Wildman–Crippen MR) is 101 cm³/mol. The van der Waals surface area contributed by atoms with Gasteiger partial charge in [0.25, 0.3) is 0 Å². The summed E-state index contributed by atoms with van der Waals surface area (Å²) in [7, 11) is -4.37. The van der Waals surface area contributed by atoms with E-state index in [1.165, 1.54) is 6.92 Å². The smallest absolute Gasteiger partial charge is 0.438 e. The van der Waals surface area contributed by atoms with Crippen molar-refractivity contribution >= 4 is 27.6 Å². The maximum atomic E-state index is 12.6. The number of anilines is 1. The van der Waals surface area contributed by atoms with Gasteiger partial charge in [0, 0.05) is 37.6 Å². The van der Waals surface area contributed by atoms with Gasteiger partial charge in [0.2, 0.25) is 5.91 Å². The Morgan fingerprint density at radius 1 is 1.27 bits per heavy atom. The monoisotopic (exact) mass is 404 g/mol. The summed E-state index contributed by atoms with van der Waals surface area (Å²) in [6.07, 6.45) is 6.12. The number of quaternary nitrogens is 1. The molecule has 2 rings (SSSR count). The molecule has 0 heterocycles. The third kappa shape index (κ3) is 4.97. The Balaban J connectivity index is 0.00000338. The first-order chi connectivity index (χ1) is 11.8. The zero-order valence-electron chi connectivity index (χ0n) is 15.4. The molecule has 1 aromatic carbocycles. The summed E-state index contributed by atoms with van der Waals surface area (Å²) in [5.74, 6) is -0.215. The molecule has 0 aliphatic heterocycles. The van der Waals surface area contributed by atoms with Gasteiger partial charge in [-0.3, -0.25) is 4.79 Å². The second-order valence-corrected chi connectivity index (χ2v) is 8.39. The minimum Gasteiger partial charge on any atom is -1.00 e. The number of hydrogen-bond acceptors (Lipinski definition) is 3. The van der Waals surface area contributed by atoms with Gasteiger partial charge in [-0.05, 0) is 25.3 Å². The number of benzene rings is 1. The minimum absolute atomic E-state index is 0. The van der Waals surface area contributed by atoms with Crippen LogP contribution in [0.1, 0.15) is 58.8 Å². The van der Waals surface area contributed by atoms with Crippen LogP contribution in [0.2, 0.25) is 0 Å². The van der Waals surface area contributed by atoms with Crippen LogP contribution in [0.15, 0.2) is 24.3 Å². The average Bonchev–Trinajstić information content (AvgIpc) is 2.55. The van der Waals surface area contributed by atoms with Crippen LogP contribution in [0.5, 0.6) is 0 Å². The largest absolute Gasteiger partial charge is 1.00 e. The van der Waals surface area contributed by atoms with E-state index in [4.69, 9.17) is 0 Å². The first kappa shape index (κ1) is 22.9. The Morgan fingerprint density at radius 2 is 1.92 bits per heavy atom. The fourth-order valence-corrected chi connectivity index (χ4v) is 5.20. The Morgan fingerprint density at radius 3 is 2.46 bits per heavy atom. The molecule has 1 aliphatic carbocycles. The fourth-order valence-electron chi connectivity index (χ4n) is 3.87. The van der Waals surface area contributed by atoms with E-state index in [1.807, 2.05) is 6.92 Å². The summed E-state index contributed by atoms with van der Waals surface area (Å²) < 4.78 is 35.1. The summed E-state index contributed by atoms with van der Waals surface area (Å²) >= 11 is 0. The third-order valence-corrected chi connectivity index (χ3v) is 6.54. The molecule has 148 valence electrons. The first-order valence-corrected chi connectivity index (χ1v) is 10.4.